The minimum absolute atomic E-state index is 0.479. The third-order valence-corrected chi connectivity index (χ3v) is 0.819. The van der Waals surface area contributed by atoms with Crippen molar-refractivity contribution in [2.75, 3.05) is 0 Å². The molecule has 0 amide bonds. The number of hydrogen-bond acceptors (Lipinski definition) is 1. The van der Waals surface area contributed by atoms with Crippen molar-refractivity contribution in [3.63, 3.8) is 0 Å². The van der Waals surface area contributed by atoms with Gasteiger partial charge < -0.3 is 0 Å². The summed E-state index contributed by atoms with van der Waals surface area (Å²) in [7, 11) is 0. The maximum absolute atomic E-state index is 9.85. The Morgan fingerprint density at radius 2 is 2.38 bits per heavy atom. The van der Waals surface area contributed by atoms with E-state index in [9.17, 15) is 4.79 Å². The Balaban J connectivity index is 2.80. The van der Waals surface area contributed by atoms with Crippen LogP contribution in [0.15, 0.2) is 23.8 Å². The van der Waals surface area contributed by atoms with Crippen molar-refractivity contribution in [1.29, 1.82) is 0 Å². The summed E-state index contributed by atoms with van der Waals surface area (Å²) in [4.78, 5) is 9.85. The Morgan fingerprint density at radius 1 is 1.50 bits per heavy atom. The first-order chi connectivity index (χ1) is 3.93. The molecule has 0 fully saturated rings. The van der Waals surface area contributed by atoms with Crippen LogP contribution in [0.4, 0.5) is 0 Å². The summed E-state index contributed by atoms with van der Waals surface area (Å²) in [5.74, 6) is 1.72. The predicted octanol–water partition coefficient (Wildman–Crippen LogP) is 0.878. The van der Waals surface area contributed by atoms with Gasteiger partial charge in [0.1, 0.15) is 5.94 Å². The molecule has 0 aromatic heterocycles. The summed E-state index contributed by atoms with van der Waals surface area (Å²) in [6.45, 7) is 0. The largest absolute Gasteiger partial charge is 0.233 e. The standard InChI is InChI=1S/C7H4O/c8-6-7-4-2-1-3-5-7/h1-4H. The van der Waals surface area contributed by atoms with Crippen LogP contribution in [0, 0.1) is 12.5 Å². The first kappa shape index (κ1) is 5.07. The first-order valence-corrected chi connectivity index (χ1v) is 2.28. The van der Waals surface area contributed by atoms with Gasteiger partial charge in [-0.1, -0.05) is 18.2 Å². The van der Waals surface area contributed by atoms with Gasteiger partial charge in [0.15, 0.2) is 0 Å². The van der Waals surface area contributed by atoms with E-state index in [1.54, 1.807) is 30.6 Å². The van der Waals surface area contributed by atoms with Crippen LogP contribution in [0.25, 0.3) is 0 Å². The third kappa shape index (κ3) is 0.955. The highest BCUT2D eigenvalue weighted by atomic mass is 16.1. The molecule has 0 N–H and O–H groups in total. The molecule has 1 aliphatic carbocycles. The fourth-order valence-corrected chi connectivity index (χ4v) is 0.457. The van der Waals surface area contributed by atoms with E-state index in [4.69, 9.17) is 0 Å². The Labute approximate surface area is 48.0 Å². The van der Waals surface area contributed by atoms with E-state index in [1.807, 2.05) is 0 Å². The topological polar surface area (TPSA) is 17.1 Å². The van der Waals surface area contributed by atoms with Crippen LogP contribution < -0.4 is 0 Å². The van der Waals surface area contributed by atoms with Crippen LogP contribution in [0.5, 0.6) is 0 Å². The van der Waals surface area contributed by atoms with Gasteiger partial charge in [0.05, 0.1) is 5.57 Å². The molecule has 0 aromatic rings. The average molecular weight is 104 g/mol. The van der Waals surface area contributed by atoms with Crippen LogP contribution in [-0.2, 0) is 4.79 Å². The molecule has 0 heterocycles. The van der Waals surface area contributed by atoms with Gasteiger partial charge in [0.25, 0.3) is 0 Å². The molecule has 0 bridgehead atoms. The van der Waals surface area contributed by atoms with Gasteiger partial charge in [-0.05, 0) is 6.08 Å². The van der Waals surface area contributed by atoms with Gasteiger partial charge in [-0.25, -0.2) is 4.79 Å². The van der Waals surface area contributed by atoms with Crippen molar-refractivity contribution < 1.29 is 4.79 Å². The molecule has 1 heteroatoms. The molecule has 8 heavy (non-hydrogen) atoms. The number of hydrogen-bond donors (Lipinski definition) is 0. The quantitative estimate of drug-likeness (QED) is 0.417. The van der Waals surface area contributed by atoms with Gasteiger partial charge in [0.2, 0.25) is 0 Å². The summed E-state index contributed by atoms with van der Waals surface area (Å²) in [6.07, 6.45) is 9.62. The maximum atomic E-state index is 9.85. The van der Waals surface area contributed by atoms with Crippen LogP contribution in [0.3, 0.4) is 0 Å². The lowest BCUT2D eigenvalue weighted by Gasteiger charge is -1.90. The number of carbonyl (C=O) groups excluding carboxylic acids is 1. The zero-order valence-electron chi connectivity index (χ0n) is 4.22. The van der Waals surface area contributed by atoms with Gasteiger partial charge in [-0.15, -0.1) is 0 Å². The van der Waals surface area contributed by atoms with Gasteiger partial charge in [0, 0.05) is 6.42 Å². The van der Waals surface area contributed by atoms with E-state index in [1.165, 1.54) is 0 Å². The molecule has 2 radical (unpaired) electrons. The van der Waals surface area contributed by atoms with Gasteiger partial charge in [-0.3, -0.25) is 0 Å². The Kier molecular flexibility index (Phi) is 1.45. The molecule has 0 unspecified atom stereocenters. The summed E-state index contributed by atoms with van der Waals surface area (Å²) < 4.78 is 0. The highest BCUT2D eigenvalue weighted by Crippen LogP contribution is 2.02. The zero-order valence-corrected chi connectivity index (χ0v) is 4.22. The second kappa shape index (κ2) is 2.29. The van der Waals surface area contributed by atoms with E-state index >= 15 is 0 Å². The minimum atomic E-state index is 0.479. The van der Waals surface area contributed by atoms with Gasteiger partial charge >= 0.3 is 0 Å². The lowest BCUT2D eigenvalue weighted by Crippen LogP contribution is -1.81. The Bertz CT molecular complexity index is 181. The molecule has 0 aromatic carbocycles. The molecule has 0 spiro atoms. The fraction of sp³-hybridized carbons (Fsp3) is 0. The van der Waals surface area contributed by atoms with E-state index in [-0.39, 0.29) is 0 Å². The van der Waals surface area contributed by atoms with E-state index in [0.717, 1.165) is 0 Å². The number of rotatable bonds is 0. The molecule has 1 nitrogen and oxygen atoms in total. The third-order valence-electron chi connectivity index (χ3n) is 0.819. The van der Waals surface area contributed by atoms with Crippen molar-refractivity contribution >= 4 is 5.94 Å². The molecule has 1 aliphatic rings. The molecule has 0 saturated heterocycles. The Morgan fingerprint density at radius 3 is 2.75 bits per heavy atom. The van der Waals surface area contributed by atoms with Crippen molar-refractivity contribution in [2.24, 2.45) is 0 Å². The van der Waals surface area contributed by atoms with Crippen LogP contribution >= 0.6 is 0 Å². The average Bonchev–Trinajstić information content (AvgIpc) is 1.90. The normalized spacial score (nSPS) is 16.2. The summed E-state index contributed by atoms with van der Waals surface area (Å²) >= 11 is 0. The van der Waals surface area contributed by atoms with Gasteiger partial charge in [-0.2, -0.15) is 0 Å². The molecule has 1 rings (SSSR count). The van der Waals surface area contributed by atoms with Crippen molar-refractivity contribution in [2.45, 2.75) is 0 Å². The highest BCUT2D eigenvalue weighted by molar-refractivity contribution is 5.61. The maximum Gasteiger partial charge on any atom is 0.129 e. The minimum Gasteiger partial charge on any atom is -0.233 e. The molecular formula is C7H4O. The SMILES string of the molecule is O=C=C1[C]=CC=C[CH]1. The van der Waals surface area contributed by atoms with Crippen LogP contribution in [0.2, 0.25) is 0 Å². The summed E-state index contributed by atoms with van der Waals surface area (Å²) in [6, 6.07) is 0. The lowest BCUT2D eigenvalue weighted by molar-refractivity contribution is 0.568. The highest BCUT2D eigenvalue weighted by Gasteiger charge is 1.92. The second-order valence-corrected chi connectivity index (χ2v) is 1.38. The predicted molar refractivity (Wildman–Crippen MR) is 30.5 cm³/mol. The molecule has 38 valence electrons. The van der Waals surface area contributed by atoms with Crippen LogP contribution in [0.1, 0.15) is 0 Å². The second-order valence-electron chi connectivity index (χ2n) is 1.38. The van der Waals surface area contributed by atoms with Crippen molar-refractivity contribution in [3.8, 4) is 0 Å². The summed E-state index contributed by atoms with van der Waals surface area (Å²) in [5.41, 5.74) is 0.479. The molecular weight excluding hydrogens is 100 g/mol. The van der Waals surface area contributed by atoms with Crippen molar-refractivity contribution in [3.05, 3.63) is 36.3 Å². The lowest BCUT2D eigenvalue weighted by atomic mass is 10.1. The monoisotopic (exact) mass is 104 g/mol. The van der Waals surface area contributed by atoms with E-state index in [2.05, 4.69) is 6.08 Å². The Hall–Kier alpha value is -1.07. The summed E-state index contributed by atoms with van der Waals surface area (Å²) in [5, 5.41) is 0. The zero-order chi connectivity index (χ0) is 5.82. The fourth-order valence-electron chi connectivity index (χ4n) is 0.457. The van der Waals surface area contributed by atoms with Crippen molar-refractivity contribution in [1.82, 2.24) is 0 Å². The smallest absolute Gasteiger partial charge is 0.129 e. The first-order valence-electron chi connectivity index (χ1n) is 2.28. The molecule has 0 saturated carbocycles. The molecule has 0 aliphatic heterocycles. The van der Waals surface area contributed by atoms with Crippen LogP contribution in [-0.4, -0.2) is 5.94 Å². The van der Waals surface area contributed by atoms with E-state index in [0.29, 0.717) is 5.57 Å². The number of allylic oxidation sites excluding steroid dienone is 5. The molecule has 0 atom stereocenters. The van der Waals surface area contributed by atoms with E-state index < -0.39 is 0 Å².